The lowest BCUT2D eigenvalue weighted by atomic mass is 10.1. The molecule has 11 heteroatoms. The molecular formula is C29H29FN4O5S. The van der Waals surface area contributed by atoms with E-state index >= 15 is 4.39 Å². The smallest absolute Gasteiger partial charge is 0.341 e. The van der Waals surface area contributed by atoms with Crippen LogP contribution in [0.2, 0.25) is 0 Å². The molecule has 2 aliphatic rings. The SMILES string of the molecule is CCOC1CN(c2nc3ccc(-n4cc(C(=O)O)c(=O)cc4-c4ccc(N5CC[C@@H](OC)C5)c(F)c4)cc3s2)C1. The molecule has 208 valence electrons. The minimum Gasteiger partial charge on any atom is -0.477 e. The molecule has 2 aromatic carbocycles. The minimum absolute atomic E-state index is 0.0576. The Hall–Kier alpha value is -3.80. The number of thiazole rings is 1. The van der Waals surface area contributed by atoms with E-state index in [1.807, 2.05) is 30.0 Å². The number of pyridine rings is 1. The van der Waals surface area contributed by atoms with Crippen molar-refractivity contribution in [1.82, 2.24) is 9.55 Å². The van der Waals surface area contributed by atoms with Crippen LogP contribution in [0.15, 0.2) is 53.5 Å². The van der Waals surface area contributed by atoms with Gasteiger partial charge in [-0.25, -0.2) is 14.2 Å². The fourth-order valence-corrected chi connectivity index (χ4v) is 6.33. The van der Waals surface area contributed by atoms with Crippen molar-refractivity contribution in [2.24, 2.45) is 0 Å². The molecule has 0 radical (unpaired) electrons. The van der Waals surface area contributed by atoms with E-state index in [2.05, 4.69) is 4.90 Å². The standard InChI is InChI=1S/C29H29FN4O5S/c1-3-39-20-14-33(15-20)29-31-23-6-5-18(11-27(23)40-29)34-16-21(28(36)37)26(35)12-25(34)17-4-7-24(22(30)10-17)32-9-8-19(13-32)38-2/h4-7,10-12,16,19-20H,3,8-9,13-15H2,1-2H3,(H,36,37)/t19-/m1/s1. The molecule has 0 aliphatic carbocycles. The summed E-state index contributed by atoms with van der Waals surface area (Å²) in [6.45, 7) is 5.53. The highest BCUT2D eigenvalue weighted by atomic mass is 32.1. The summed E-state index contributed by atoms with van der Waals surface area (Å²) in [5.74, 6) is -1.74. The first-order valence-electron chi connectivity index (χ1n) is 13.2. The highest BCUT2D eigenvalue weighted by molar-refractivity contribution is 7.22. The second-order valence-electron chi connectivity index (χ2n) is 10.0. The van der Waals surface area contributed by atoms with Gasteiger partial charge in [-0.3, -0.25) is 4.79 Å². The lowest BCUT2D eigenvalue weighted by Gasteiger charge is -2.38. The van der Waals surface area contributed by atoms with Crippen LogP contribution in [0, 0.1) is 5.82 Å². The fraction of sp³-hybridized carbons (Fsp3) is 0.345. The maximum Gasteiger partial charge on any atom is 0.341 e. The maximum atomic E-state index is 15.4. The summed E-state index contributed by atoms with van der Waals surface area (Å²) in [4.78, 5) is 33.4. The van der Waals surface area contributed by atoms with Crippen LogP contribution in [0.5, 0.6) is 0 Å². The molecule has 4 aromatic rings. The van der Waals surface area contributed by atoms with Gasteiger partial charge in [0, 0.05) is 63.4 Å². The average Bonchev–Trinajstić information content (AvgIpc) is 3.56. The van der Waals surface area contributed by atoms with Crippen molar-refractivity contribution in [3.8, 4) is 16.9 Å². The average molecular weight is 565 g/mol. The van der Waals surface area contributed by atoms with Crippen molar-refractivity contribution < 1.29 is 23.8 Å². The molecule has 6 rings (SSSR count). The van der Waals surface area contributed by atoms with Gasteiger partial charge in [-0.15, -0.1) is 0 Å². The van der Waals surface area contributed by atoms with Gasteiger partial charge < -0.3 is 28.9 Å². The number of anilines is 2. The van der Waals surface area contributed by atoms with Crippen molar-refractivity contribution in [2.45, 2.75) is 25.6 Å². The van der Waals surface area contributed by atoms with Crippen molar-refractivity contribution in [2.75, 3.05) is 49.7 Å². The van der Waals surface area contributed by atoms with Crippen LogP contribution in [0.1, 0.15) is 23.7 Å². The van der Waals surface area contributed by atoms with Gasteiger partial charge in [0.1, 0.15) is 11.4 Å². The van der Waals surface area contributed by atoms with Gasteiger partial charge in [-0.2, -0.15) is 0 Å². The second-order valence-corrected chi connectivity index (χ2v) is 11.0. The molecule has 0 spiro atoms. The molecule has 1 N–H and O–H groups in total. The molecule has 2 fully saturated rings. The van der Waals surface area contributed by atoms with Crippen LogP contribution in [0.4, 0.5) is 15.2 Å². The number of ether oxygens (including phenoxy) is 2. The first-order chi connectivity index (χ1) is 19.3. The third-order valence-corrected chi connectivity index (χ3v) is 8.58. The highest BCUT2D eigenvalue weighted by Crippen LogP contribution is 2.35. The van der Waals surface area contributed by atoms with E-state index in [1.165, 1.54) is 29.7 Å². The third kappa shape index (κ3) is 4.85. The van der Waals surface area contributed by atoms with Gasteiger partial charge in [0.05, 0.1) is 33.8 Å². The number of halogens is 1. The molecule has 9 nitrogen and oxygen atoms in total. The molecule has 1 atom stereocenters. The summed E-state index contributed by atoms with van der Waals surface area (Å²) >= 11 is 1.54. The van der Waals surface area contributed by atoms with E-state index in [-0.39, 0.29) is 17.8 Å². The first-order valence-corrected chi connectivity index (χ1v) is 14.0. The zero-order chi connectivity index (χ0) is 28.0. The van der Waals surface area contributed by atoms with Gasteiger partial charge in [0.25, 0.3) is 0 Å². The maximum absolute atomic E-state index is 15.4. The molecule has 40 heavy (non-hydrogen) atoms. The molecule has 0 bridgehead atoms. The molecule has 2 aromatic heterocycles. The topological polar surface area (TPSA) is 97.1 Å². The van der Waals surface area contributed by atoms with E-state index in [4.69, 9.17) is 14.5 Å². The van der Waals surface area contributed by atoms with E-state index in [1.54, 1.807) is 23.8 Å². The molecule has 0 amide bonds. The van der Waals surface area contributed by atoms with E-state index in [0.717, 1.165) is 34.9 Å². The Bertz CT molecular complexity index is 1650. The van der Waals surface area contributed by atoms with Crippen LogP contribution >= 0.6 is 11.3 Å². The molecular weight excluding hydrogens is 535 g/mol. The summed E-state index contributed by atoms with van der Waals surface area (Å²) in [6.07, 6.45) is 2.40. The normalized spacial score (nSPS) is 17.5. The third-order valence-electron chi connectivity index (χ3n) is 7.50. The number of fused-ring (bicyclic) bond motifs is 1. The van der Waals surface area contributed by atoms with Gasteiger partial charge in [0.2, 0.25) is 0 Å². The zero-order valence-corrected chi connectivity index (χ0v) is 23.0. The second kappa shape index (κ2) is 10.6. The van der Waals surface area contributed by atoms with Gasteiger partial charge in [-0.05, 0) is 43.7 Å². The largest absolute Gasteiger partial charge is 0.477 e. The van der Waals surface area contributed by atoms with Gasteiger partial charge in [0.15, 0.2) is 10.6 Å². The number of carbonyl (C=O) groups is 1. The molecule has 2 aliphatic heterocycles. The lowest BCUT2D eigenvalue weighted by Crippen LogP contribution is -2.52. The number of nitrogens with zero attached hydrogens (tertiary/aromatic N) is 4. The number of methoxy groups -OCH3 is 1. The van der Waals surface area contributed by atoms with Gasteiger partial charge in [-0.1, -0.05) is 17.4 Å². The first kappa shape index (κ1) is 26.4. The Morgan fingerprint density at radius 2 is 1.93 bits per heavy atom. The molecule has 2 saturated heterocycles. The summed E-state index contributed by atoms with van der Waals surface area (Å²) < 4.78 is 29.0. The van der Waals surface area contributed by atoms with E-state index in [9.17, 15) is 14.7 Å². The Kier molecular flexibility index (Phi) is 7.03. The number of rotatable bonds is 8. The number of aromatic nitrogens is 2. The van der Waals surface area contributed by atoms with E-state index in [0.29, 0.717) is 42.3 Å². The molecule has 0 unspecified atom stereocenters. The van der Waals surface area contributed by atoms with Crippen LogP contribution in [-0.2, 0) is 9.47 Å². The number of carboxylic acids is 1. The predicted octanol–water partition coefficient (Wildman–Crippen LogP) is 4.40. The Balaban J connectivity index is 1.38. The quantitative estimate of drug-likeness (QED) is 0.336. The zero-order valence-electron chi connectivity index (χ0n) is 22.2. The molecule has 0 saturated carbocycles. The number of hydrogen-bond acceptors (Lipinski definition) is 8. The fourth-order valence-electron chi connectivity index (χ4n) is 5.31. The van der Waals surface area contributed by atoms with Gasteiger partial charge >= 0.3 is 5.97 Å². The summed E-state index contributed by atoms with van der Waals surface area (Å²) in [5, 5.41) is 10.6. The Morgan fingerprint density at radius 3 is 2.62 bits per heavy atom. The Labute approximate surface area is 234 Å². The van der Waals surface area contributed by atoms with Crippen molar-refractivity contribution in [1.29, 1.82) is 0 Å². The summed E-state index contributed by atoms with van der Waals surface area (Å²) in [7, 11) is 1.65. The summed E-state index contributed by atoms with van der Waals surface area (Å²) in [5.41, 5.74) is 1.77. The monoisotopic (exact) mass is 564 g/mol. The van der Waals surface area contributed by atoms with Crippen LogP contribution in [-0.4, -0.2) is 72.7 Å². The summed E-state index contributed by atoms with van der Waals surface area (Å²) in [6, 6.07) is 11.7. The number of carboxylic acid groups (broad SMARTS) is 1. The molecule has 4 heterocycles. The van der Waals surface area contributed by atoms with Crippen LogP contribution in [0.25, 0.3) is 27.2 Å². The van der Waals surface area contributed by atoms with Crippen molar-refractivity contribution in [3.05, 3.63) is 70.3 Å². The van der Waals surface area contributed by atoms with Crippen LogP contribution in [0.3, 0.4) is 0 Å². The number of hydrogen-bond donors (Lipinski definition) is 1. The number of benzene rings is 2. The minimum atomic E-state index is -1.32. The lowest BCUT2D eigenvalue weighted by molar-refractivity contribution is 0.0430. The number of aromatic carboxylic acids is 1. The van der Waals surface area contributed by atoms with Crippen LogP contribution < -0.4 is 15.2 Å². The van der Waals surface area contributed by atoms with Crippen molar-refractivity contribution in [3.63, 3.8) is 0 Å². The highest BCUT2D eigenvalue weighted by Gasteiger charge is 2.29. The predicted molar refractivity (Wildman–Crippen MR) is 153 cm³/mol. The Morgan fingerprint density at radius 1 is 1.12 bits per heavy atom. The van der Waals surface area contributed by atoms with Crippen molar-refractivity contribution >= 4 is 38.3 Å². The van der Waals surface area contributed by atoms with E-state index < -0.39 is 17.2 Å².